The van der Waals surface area contributed by atoms with Crippen LogP contribution >= 0.6 is 11.6 Å². The van der Waals surface area contributed by atoms with Gasteiger partial charge in [-0.3, -0.25) is 10.1 Å². The Hall–Kier alpha value is -2.73. The number of rotatable bonds is 4. The second-order valence-corrected chi connectivity index (χ2v) is 5.26. The molecule has 0 saturated carbocycles. The fourth-order valence-corrected chi connectivity index (χ4v) is 2.15. The Morgan fingerprint density at radius 3 is 2.65 bits per heavy atom. The summed E-state index contributed by atoms with van der Waals surface area (Å²) >= 11 is 5.83. The van der Waals surface area contributed by atoms with Crippen molar-refractivity contribution >= 4 is 23.5 Å². The summed E-state index contributed by atoms with van der Waals surface area (Å²) in [6, 6.07) is 13.1. The minimum absolute atomic E-state index is 0.0541. The maximum absolute atomic E-state index is 13.6. The lowest BCUT2D eigenvalue weighted by atomic mass is 10.2. The highest BCUT2D eigenvalue weighted by atomic mass is 35.5. The highest BCUT2D eigenvalue weighted by molar-refractivity contribution is 6.30. The Morgan fingerprint density at radius 1 is 1.17 bits per heavy atom. The highest BCUT2D eigenvalue weighted by Gasteiger charge is 2.13. The molecule has 0 saturated heterocycles. The number of benzene rings is 2. The molecule has 1 heterocycles. The van der Waals surface area contributed by atoms with Gasteiger partial charge in [0.15, 0.2) is 0 Å². The summed E-state index contributed by atoms with van der Waals surface area (Å²) < 4.78 is 15.1. The molecule has 0 aliphatic rings. The SMILES string of the molecule is O=C(Nc1ncn(Cc2ccc(Cl)cc2)n1)c1ccccc1F. The standard InChI is InChI=1S/C16H12ClFN4O/c17-12-7-5-11(6-8-12)9-22-10-19-16(21-22)20-15(23)13-3-1-2-4-14(13)18/h1-8,10H,9H2,(H,20,21,23). The van der Waals surface area contributed by atoms with Crippen LogP contribution in [0.2, 0.25) is 5.02 Å². The van der Waals surface area contributed by atoms with E-state index in [-0.39, 0.29) is 11.5 Å². The van der Waals surface area contributed by atoms with E-state index in [4.69, 9.17) is 11.6 Å². The third-order valence-corrected chi connectivity index (χ3v) is 3.39. The fraction of sp³-hybridized carbons (Fsp3) is 0.0625. The Kier molecular flexibility index (Phi) is 4.34. The third-order valence-electron chi connectivity index (χ3n) is 3.14. The van der Waals surface area contributed by atoms with E-state index in [1.165, 1.54) is 24.5 Å². The number of hydrogen-bond donors (Lipinski definition) is 1. The molecule has 1 N–H and O–H groups in total. The molecular formula is C16H12ClFN4O. The molecular weight excluding hydrogens is 319 g/mol. The molecule has 0 aliphatic carbocycles. The number of aromatic nitrogens is 3. The zero-order valence-corrected chi connectivity index (χ0v) is 12.7. The van der Waals surface area contributed by atoms with Gasteiger partial charge in [0, 0.05) is 5.02 Å². The third kappa shape index (κ3) is 3.73. The summed E-state index contributed by atoms with van der Waals surface area (Å²) in [7, 11) is 0. The van der Waals surface area contributed by atoms with Gasteiger partial charge >= 0.3 is 0 Å². The lowest BCUT2D eigenvalue weighted by Gasteiger charge is -2.03. The van der Waals surface area contributed by atoms with Crippen LogP contribution in [0.1, 0.15) is 15.9 Å². The first-order chi connectivity index (χ1) is 11.1. The van der Waals surface area contributed by atoms with Crippen molar-refractivity contribution in [2.75, 3.05) is 5.32 Å². The number of amides is 1. The summed E-state index contributed by atoms with van der Waals surface area (Å²) in [5.41, 5.74) is 0.938. The molecule has 116 valence electrons. The Morgan fingerprint density at radius 2 is 1.91 bits per heavy atom. The van der Waals surface area contributed by atoms with Crippen molar-refractivity contribution in [2.24, 2.45) is 0 Å². The molecule has 2 aromatic carbocycles. The van der Waals surface area contributed by atoms with Gasteiger partial charge in [-0.2, -0.15) is 0 Å². The maximum atomic E-state index is 13.6. The molecule has 23 heavy (non-hydrogen) atoms. The van der Waals surface area contributed by atoms with Gasteiger partial charge in [0.25, 0.3) is 5.91 Å². The van der Waals surface area contributed by atoms with E-state index in [2.05, 4.69) is 15.4 Å². The summed E-state index contributed by atoms with van der Waals surface area (Å²) in [5, 5.41) is 7.27. The number of halogens is 2. The summed E-state index contributed by atoms with van der Waals surface area (Å²) in [6.45, 7) is 0.486. The highest BCUT2D eigenvalue weighted by Crippen LogP contribution is 2.11. The molecule has 0 bridgehead atoms. The molecule has 0 spiro atoms. The lowest BCUT2D eigenvalue weighted by molar-refractivity contribution is 0.102. The van der Waals surface area contributed by atoms with Crippen molar-refractivity contribution < 1.29 is 9.18 Å². The van der Waals surface area contributed by atoms with Crippen molar-refractivity contribution in [2.45, 2.75) is 6.54 Å². The van der Waals surface area contributed by atoms with Crippen LogP contribution < -0.4 is 5.32 Å². The number of nitrogens with one attached hydrogen (secondary N) is 1. The lowest BCUT2D eigenvalue weighted by Crippen LogP contribution is -2.15. The normalized spacial score (nSPS) is 10.5. The van der Waals surface area contributed by atoms with Gasteiger partial charge in [-0.25, -0.2) is 14.1 Å². The molecule has 0 atom stereocenters. The van der Waals surface area contributed by atoms with Gasteiger partial charge in [0.2, 0.25) is 5.95 Å². The van der Waals surface area contributed by atoms with E-state index in [0.717, 1.165) is 5.56 Å². The van der Waals surface area contributed by atoms with E-state index < -0.39 is 11.7 Å². The smallest absolute Gasteiger partial charge is 0.261 e. The molecule has 1 aromatic heterocycles. The van der Waals surface area contributed by atoms with Gasteiger partial charge in [-0.05, 0) is 29.8 Å². The first kappa shape index (κ1) is 15.2. The molecule has 3 aromatic rings. The fourth-order valence-electron chi connectivity index (χ4n) is 2.02. The van der Waals surface area contributed by atoms with Crippen LogP contribution in [0.15, 0.2) is 54.9 Å². The van der Waals surface area contributed by atoms with E-state index >= 15 is 0 Å². The van der Waals surface area contributed by atoms with Crippen LogP contribution in [-0.4, -0.2) is 20.7 Å². The van der Waals surface area contributed by atoms with Gasteiger partial charge in [0.1, 0.15) is 12.1 Å². The predicted molar refractivity (Wildman–Crippen MR) is 84.9 cm³/mol. The van der Waals surface area contributed by atoms with Crippen molar-refractivity contribution in [3.63, 3.8) is 0 Å². The van der Waals surface area contributed by atoms with Gasteiger partial charge in [0.05, 0.1) is 12.1 Å². The van der Waals surface area contributed by atoms with Crippen molar-refractivity contribution in [3.8, 4) is 0 Å². The van der Waals surface area contributed by atoms with Gasteiger partial charge in [-0.15, -0.1) is 5.10 Å². The van der Waals surface area contributed by atoms with Crippen LogP contribution in [0.25, 0.3) is 0 Å². The minimum atomic E-state index is -0.592. The summed E-state index contributed by atoms with van der Waals surface area (Å²) in [5.74, 6) is -1.06. The zero-order chi connectivity index (χ0) is 16.2. The number of hydrogen-bond acceptors (Lipinski definition) is 3. The summed E-state index contributed by atoms with van der Waals surface area (Å²) in [6.07, 6.45) is 1.49. The van der Waals surface area contributed by atoms with Crippen molar-refractivity contribution in [1.82, 2.24) is 14.8 Å². The molecule has 0 aliphatic heterocycles. The molecule has 1 amide bonds. The molecule has 3 rings (SSSR count). The largest absolute Gasteiger partial charge is 0.289 e. The maximum Gasteiger partial charge on any atom is 0.261 e. The van der Waals surface area contributed by atoms with E-state index in [9.17, 15) is 9.18 Å². The average Bonchev–Trinajstić information content (AvgIpc) is 2.97. The Bertz CT molecular complexity index is 832. The number of nitrogens with zero attached hydrogens (tertiary/aromatic N) is 3. The second-order valence-electron chi connectivity index (χ2n) is 4.83. The first-order valence-corrected chi connectivity index (χ1v) is 7.19. The van der Waals surface area contributed by atoms with Crippen LogP contribution in [-0.2, 0) is 6.54 Å². The van der Waals surface area contributed by atoms with Gasteiger partial charge in [-0.1, -0.05) is 35.9 Å². The molecule has 5 nitrogen and oxygen atoms in total. The van der Waals surface area contributed by atoms with E-state index in [1.807, 2.05) is 12.1 Å². The summed E-state index contributed by atoms with van der Waals surface area (Å²) in [4.78, 5) is 16.0. The van der Waals surface area contributed by atoms with Crippen LogP contribution in [0.5, 0.6) is 0 Å². The monoisotopic (exact) mass is 330 g/mol. The number of anilines is 1. The first-order valence-electron chi connectivity index (χ1n) is 6.81. The van der Waals surface area contributed by atoms with Crippen molar-refractivity contribution in [3.05, 3.63) is 76.8 Å². The topological polar surface area (TPSA) is 59.8 Å². The van der Waals surface area contributed by atoms with E-state index in [0.29, 0.717) is 11.6 Å². The Balaban J connectivity index is 1.69. The minimum Gasteiger partial charge on any atom is -0.289 e. The quantitative estimate of drug-likeness (QED) is 0.798. The molecule has 0 radical (unpaired) electrons. The van der Waals surface area contributed by atoms with Crippen LogP contribution in [0.4, 0.5) is 10.3 Å². The second kappa shape index (κ2) is 6.58. The van der Waals surface area contributed by atoms with Crippen LogP contribution in [0, 0.1) is 5.82 Å². The molecule has 7 heteroatoms. The van der Waals surface area contributed by atoms with Gasteiger partial charge < -0.3 is 0 Å². The number of carbonyl (C=O) groups is 1. The average molecular weight is 331 g/mol. The van der Waals surface area contributed by atoms with Crippen molar-refractivity contribution in [1.29, 1.82) is 0 Å². The molecule has 0 fully saturated rings. The van der Waals surface area contributed by atoms with Crippen LogP contribution in [0.3, 0.4) is 0 Å². The zero-order valence-electron chi connectivity index (χ0n) is 11.9. The predicted octanol–water partition coefficient (Wildman–Crippen LogP) is 3.37. The van der Waals surface area contributed by atoms with E-state index in [1.54, 1.807) is 22.9 Å². The Labute approximate surface area is 136 Å². The molecule has 0 unspecified atom stereocenters. The number of carbonyl (C=O) groups excluding carboxylic acids is 1.